The Kier molecular flexibility index (Phi) is 6.59. The number of benzene rings is 3. The van der Waals surface area contributed by atoms with Crippen molar-refractivity contribution in [1.29, 1.82) is 0 Å². The summed E-state index contributed by atoms with van der Waals surface area (Å²) in [5, 5.41) is 0. The van der Waals surface area contributed by atoms with Crippen LogP contribution in [0.1, 0.15) is 33.4 Å². The number of rotatable bonds is 8. The molecule has 0 spiro atoms. The van der Waals surface area contributed by atoms with Gasteiger partial charge in [0, 0.05) is 0 Å². The summed E-state index contributed by atoms with van der Waals surface area (Å²) in [5.74, 6) is 0. The molecule has 0 aliphatic rings. The Balaban J connectivity index is 1.41. The van der Waals surface area contributed by atoms with Gasteiger partial charge in [0.1, 0.15) is 0 Å². The highest BCUT2D eigenvalue weighted by Gasteiger charge is 1.99. The Hall–Kier alpha value is -2.42. The van der Waals surface area contributed by atoms with Gasteiger partial charge in [0.05, 0.1) is 26.4 Å². The molecule has 2 nitrogen and oxygen atoms in total. The van der Waals surface area contributed by atoms with Crippen molar-refractivity contribution in [3.05, 3.63) is 106 Å². The first-order chi connectivity index (χ1) is 12.7. The lowest BCUT2D eigenvalue weighted by atomic mass is 10.1. The van der Waals surface area contributed by atoms with Crippen LogP contribution in [0, 0.1) is 13.8 Å². The number of ether oxygens (including phenoxy) is 2. The Bertz CT molecular complexity index is 751. The molecule has 26 heavy (non-hydrogen) atoms. The number of hydrogen-bond acceptors (Lipinski definition) is 2. The molecule has 0 bridgehead atoms. The summed E-state index contributed by atoms with van der Waals surface area (Å²) in [6, 6.07) is 25.3. The van der Waals surface area contributed by atoms with Gasteiger partial charge in [-0.05, 0) is 36.1 Å². The highest BCUT2D eigenvalue weighted by molar-refractivity contribution is 5.24. The predicted octanol–water partition coefficient (Wildman–Crippen LogP) is 5.74. The molecule has 3 rings (SSSR count). The third kappa shape index (κ3) is 5.83. The predicted molar refractivity (Wildman–Crippen MR) is 106 cm³/mol. The molecule has 0 saturated carbocycles. The van der Waals surface area contributed by atoms with E-state index in [0.717, 1.165) is 0 Å². The van der Waals surface area contributed by atoms with Gasteiger partial charge in [-0.1, -0.05) is 83.9 Å². The first kappa shape index (κ1) is 18.4. The topological polar surface area (TPSA) is 18.5 Å². The van der Waals surface area contributed by atoms with Gasteiger partial charge < -0.3 is 9.47 Å². The van der Waals surface area contributed by atoms with Gasteiger partial charge >= 0.3 is 0 Å². The molecule has 0 atom stereocenters. The minimum atomic E-state index is 0.623. The summed E-state index contributed by atoms with van der Waals surface area (Å²) < 4.78 is 11.6. The van der Waals surface area contributed by atoms with E-state index in [0.29, 0.717) is 26.4 Å². The first-order valence-electron chi connectivity index (χ1n) is 9.03. The normalized spacial score (nSPS) is 10.8. The molecule has 0 unspecified atom stereocenters. The molecule has 3 aromatic carbocycles. The molecule has 2 heteroatoms. The average Bonchev–Trinajstić information content (AvgIpc) is 2.63. The highest BCUT2D eigenvalue weighted by Crippen LogP contribution is 2.11. The fourth-order valence-electron chi connectivity index (χ4n) is 2.91. The van der Waals surface area contributed by atoms with Gasteiger partial charge in [-0.2, -0.15) is 0 Å². The smallest absolute Gasteiger partial charge is 0.0721 e. The zero-order valence-electron chi connectivity index (χ0n) is 15.6. The SMILES string of the molecule is Cc1cccc(COCc2ccc(COCc3cccc(C)c3)cc2)c1. The lowest BCUT2D eigenvalue weighted by molar-refractivity contribution is 0.105. The second kappa shape index (κ2) is 9.33. The zero-order chi connectivity index (χ0) is 18.2. The minimum Gasteiger partial charge on any atom is -0.372 e. The second-order valence-electron chi connectivity index (χ2n) is 6.78. The van der Waals surface area contributed by atoms with Crippen LogP contribution < -0.4 is 0 Å². The maximum atomic E-state index is 5.82. The lowest BCUT2D eigenvalue weighted by Crippen LogP contribution is -1.97. The van der Waals surface area contributed by atoms with E-state index < -0.39 is 0 Å². The monoisotopic (exact) mass is 346 g/mol. The summed E-state index contributed by atoms with van der Waals surface area (Å²) in [5.41, 5.74) is 7.32. The van der Waals surface area contributed by atoms with Crippen LogP contribution in [0.15, 0.2) is 72.8 Å². The summed E-state index contributed by atoms with van der Waals surface area (Å²) in [4.78, 5) is 0. The zero-order valence-corrected chi connectivity index (χ0v) is 15.6. The molecule has 0 N–H and O–H groups in total. The second-order valence-corrected chi connectivity index (χ2v) is 6.78. The third-order valence-corrected chi connectivity index (χ3v) is 4.26. The third-order valence-electron chi connectivity index (χ3n) is 4.26. The van der Waals surface area contributed by atoms with E-state index in [1.54, 1.807) is 0 Å². The molecule has 0 aliphatic heterocycles. The molecule has 0 aliphatic carbocycles. The van der Waals surface area contributed by atoms with E-state index in [9.17, 15) is 0 Å². The highest BCUT2D eigenvalue weighted by atomic mass is 16.5. The van der Waals surface area contributed by atoms with Gasteiger partial charge in [-0.25, -0.2) is 0 Å². The summed E-state index contributed by atoms with van der Waals surface area (Å²) in [7, 11) is 0. The van der Waals surface area contributed by atoms with Crippen LogP contribution in [0.4, 0.5) is 0 Å². The standard InChI is InChI=1S/C24H26O2/c1-19-5-3-7-23(13-19)17-25-15-21-9-11-22(12-10-21)16-26-18-24-8-4-6-20(2)14-24/h3-14H,15-18H2,1-2H3. The van der Waals surface area contributed by atoms with Crippen molar-refractivity contribution in [2.45, 2.75) is 40.3 Å². The van der Waals surface area contributed by atoms with E-state index in [1.165, 1.54) is 33.4 Å². The Morgan fingerprint density at radius 2 is 0.885 bits per heavy atom. The van der Waals surface area contributed by atoms with E-state index in [4.69, 9.17) is 9.47 Å². The van der Waals surface area contributed by atoms with Gasteiger partial charge in [-0.15, -0.1) is 0 Å². The maximum absolute atomic E-state index is 5.82. The van der Waals surface area contributed by atoms with Crippen molar-refractivity contribution < 1.29 is 9.47 Å². The molecule has 0 fully saturated rings. The minimum absolute atomic E-state index is 0.623. The molecule has 0 radical (unpaired) electrons. The Morgan fingerprint density at radius 1 is 0.500 bits per heavy atom. The van der Waals surface area contributed by atoms with E-state index in [1.807, 2.05) is 0 Å². The van der Waals surface area contributed by atoms with E-state index >= 15 is 0 Å². The lowest BCUT2D eigenvalue weighted by Gasteiger charge is -2.08. The Morgan fingerprint density at radius 3 is 1.27 bits per heavy atom. The molecule has 0 aromatic heterocycles. The van der Waals surface area contributed by atoms with Crippen molar-refractivity contribution in [2.24, 2.45) is 0 Å². The first-order valence-corrected chi connectivity index (χ1v) is 9.03. The van der Waals surface area contributed by atoms with E-state index in [-0.39, 0.29) is 0 Å². The van der Waals surface area contributed by atoms with Crippen molar-refractivity contribution in [1.82, 2.24) is 0 Å². The molecule has 0 amide bonds. The largest absolute Gasteiger partial charge is 0.372 e. The number of aryl methyl sites for hydroxylation is 2. The van der Waals surface area contributed by atoms with Crippen molar-refractivity contribution in [3.63, 3.8) is 0 Å². The van der Waals surface area contributed by atoms with Crippen molar-refractivity contribution in [3.8, 4) is 0 Å². The average molecular weight is 346 g/mol. The van der Waals surface area contributed by atoms with Crippen LogP contribution >= 0.6 is 0 Å². The van der Waals surface area contributed by atoms with Crippen LogP contribution in [-0.4, -0.2) is 0 Å². The fraction of sp³-hybridized carbons (Fsp3) is 0.250. The van der Waals surface area contributed by atoms with Crippen LogP contribution in [0.25, 0.3) is 0 Å². The Labute approximate surface area is 156 Å². The van der Waals surface area contributed by atoms with Crippen molar-refractivity contribution in [2.75, 3.05) is 0 Å². The number of hydrogen-bond donors (Lipinski definition) is 0. The maximum Gasteiger partial charge on any atom is 0.0721 e. The van der Waals surface area contributed by atoms with Gasteiger partial charge in [-0.3, -0.25) is 0 Å². The van der Waals surface area contributed by atoms with Crippen LogP contribution in [0.3, 0.4) is 0 Å². The molecule has 3 aromatic rings. The molecular weight excluding hydrogens is 320 g/mol. The molecular formula is C24H26O2. The van der Waals surface area contributed by atoms with Crippen LogP contribution in [-0.2, 0) is 35.9 Å². The molecule has 0 saturated heterocycles. The molecule has 0 heterocycles. The summed E-state index contributed by atoms with van der Waals surface area (Å²) in [6.07, 6.45) is 0. The van der Waals surface area contributed by atoms with Gasteiger partial charge in [0.2, 0.25) is 0 Å². The quantitative estimate of drug-likeness (QED) is 0.518. The van der Waals surface area contributed by atoms with Crippen molar-refractivity contribution >= 4 is 0 Å². The van der Waals surface area contributed by atoms with Gasteiger partial charge in [0.25, 0.3) is 0 Å². The fourth-order valence-corrected chi connectivity index (χ4v) is 2.91. The summed E-state index contributed by atoms with van der Waals surface area (Å²) in [6.45, 7) is 6.73. The van der Waals surface area contributed by atoms with E-state index in [2.05, 4.69) is 86.6 Å². The van der Waals surface area contributed by atoms with Crippen LogP contribution in [0.5, 0.6) is 0 Å². The van der Waals surface area contributed by atoms with Crippen LogP contribution in [0.2, 0.25) is 0 Å². The molecule has 134 valence electrons. The summed E-state index contributed by atoms with van der Waals surface area (Å²) >= 11 is 0. The van der Waals surface area contributed by atoms with Gasteiger partial charge in [0.15, 0.2) is 0 Å².